The van der Waals surface area contributed by atoms with E-state index in [9.17, 15) is 0 Å². The van der Waals surface area contributed by atoms with Crippen LogP contribution in [0.25, 0.3) is 0 Å². The largest absolute Gasteiger partial charge is 0.316 e. The van der Waals surface area contributed by atoms with E-state index >= 15 is 0 Å². The number of hydrogen-bond donors (Lipinski definition) is 1. The van der Waals surface area contributed by atoms with Crippen molar-refractivity contribution >= 4 is 24.8 Å². The lowest BCUT2D eigenvalue weighted by atomic mass is 9.97. The molecule has 0 aliphatic carbocycles. The van der Waals surface area contributed by atoms with Gasteiger partial charge in [-0.15, -0.1) is 24.8 Å². The fraction of sp³-hybridized carbons (Fsp3) is 0.556. The Bertz CT molecular complexity index is 237. The first-order valence-electron chi connectivity index (χ1n) is 4.43. The van der Waals surface area contributed by atoms with E-state index in [0.717, 1.165) is 18.8 Å². The Balaban J connectivity index is 0.000000845. The van der Waals surface area contributed by atoms with Crippen LogP contribution in [0.2, 0.25) is 0 Å². The standard InChI is InChI=1S/C9H13N3.2ClH/c1-2-8(6-10-3-1)9-7-11-4-5-12-9;;/h4-5,7-8,10H,1-3,6H2;2*1H. The van der Waals surface area contributed by atoms with E-state index in [1.54, 1.807) is 12.4 Å². The van der Waals surface area contributed by atoms with E-state index in [1.165, 1.54) is 12.8 Å². The number of halogens is 2. The Labute approximate surface area is 96.5 Å². The summed E-state index contributed by atoms with van der Waals surface area (Å²) in [6.07, 6.45) is 7.86. The summed E-state index contributed by atoms with van der Waals surface area (Å²) in [6.45, 7) is 2.20. The van der Waals surface area contributed by atoms with Crippen LogP contribution in [0.15, 0.2) is 18.6 Å². The SMILES string of the molecule is Cl.Cl.c1cnc(C2CCCNC2)cn1. The molecule has 1 atom stereocenters. The van der Waals surface area contributed by atoms with Crippen LogP contribution in [0.4, 0.5) is 0 Å². The van der Waals surface area contributed by atoms with Gasteiger partial charge in [0.05, 0.1) is 5.69 Å². The number of aromatic nitrogens is 2. The molecule has 1 N–H and O–H groups in total. The van der Waals surface area contributed by atoms with E-state index < -0.39 is 0 Å². The van der Waals surface area contributed by atoms with E-state index in [4.69, 9.17) is 0 Å². The lowest BCUT2D eigenvalue weighted by molar-refractivity contribution is 0.453. The van der Waals surface area contributed by atoms with Gasteiger partial charge in [-0.05, 0) is 19.4 Å². The summed E-state index contributed by atoms with van der Waals surface area (Å²) in [5.74, 6) is 0.576. The van der Waals surface area contributed by atoms with Crippen LogP contribution in [0, 0.1) is 0 Å². The van der Waals surface area contributed by atoms with Gasteiger partial charge in [-0.2, -0.15) is 0 Å². The van der Waals surface area contributed by atoms with Crippen molar-refractivity contribution in [2.75, 3.05) is 13.1 Å². The van der Waals surface area contributed by atoms with Crippen molar-refractivity contribution < 1.29 is 0 Å². The van der Waals surface area contributed by atoms with Crippen LogP contribution < -0.4 is 5.32 Å². The average Bonchev–Trinajstić information content (AvgIpc) is 2.21. The van der Waals surface area contributed by atoms with Gasteiger partial charge in [0.1, 0.15) is 0 Å². The van der Waals surface area contributed by atoms with Crippen LogP contribution in [0.1, 0.15) is 24.5 Å². The highest BCUT2D eigenvalue weighted by Gasteiger charge is 2.15. The van der Waals surface area contributed by atoms with Crippen molar-refractivity contribution in [1.82, 2.24) is 15.3 Å². The first kappa shape index (κ1) is 13.6. The van der Waals surface area contributed by atoms with Gasteiger partial charge in [0.15, 0.2) is 0 Å². The van der Waals surface area contributed by atoms with E-state index in [0.29, 0.717) is 5.92 Å². The first-order chi connectivity index (χ1) is 5.97. The molecule has 1 aromatic heterocycles. The zero-order valence-electron chi connectivity index (χ0n) is 7.85. The number of nitrogens with one attached hydrogen (secondary N) is 1. The van der Waals surface area contributed by atoms with E-state index in [1.807, 2.05) is 6.20 Å². The third-order valence-electron chi connectivity index (χ3n) is 2.30. The number of rotatable bonds is 1. The molecular formula is C9H15Cl2N3. The molecule has 0 aromatic carbocycles. The molecule has 0 spiro atoms. The topological polar surface area (TPSA) is 37.8 Å². The Morgan fingerprint density at radius 1 is 1.29 bits per heavy atom. The molecule has 1 aliphatic heterocycles. The Kier molecular flexibility index (Phi) is 6.79. The molecule has 1 aliphatic rings. The van der Waals surface area contributed by atoms with Gasteiger partial charge < -0.3 is 5.32 Å². The average molecular weight is 236 g/mol. The lowest BCUT2D eigenvalue weighted by Gasteiger charge is -2.21. The molecule has 1 fully saturated rings. The van der Waals surface area contributed by atoms with Gasteiger partial charge in [0.25, 0.3) is 0 Å². The monoisotopic (exact) mass is 235 g/mol. The van der Waals surface area contributed by atoms with E-state index in [-0.39, 0.29) is 24.8 Å². The van der Waals surface area contributed by atoms with Gasteiger partial charge in [-0.1, -0.05) is 0 Å². The smallest absolute Gasteiger partial charge is 0.0630 e. The van der Waals surface area contributed by atoms with Crippen molar-refractivity contribution in [3.05, 3.63) is 24.3 Å². The zero-order chi connectivity index (χ0) is 8.23. The fourth-order valence-corrected chi connectivity index (χ4v) is 1.63. The summed E-state index contributed by atoms with van der Waals surface area (Å²) in [6, 6.07) is 0. The van der Waals surface area contributed by atoms with Gasteiger partial charge in [-0.3, -0.25) is 9.97 Å². The zero-order valence-corrected chi connectivity index (χ0v) is 9.48. The molecule has 0 bridgehead atoms. The second-order valence-corrected chi connectivity index (χ2v) is 3.17. The molecule has 1 unspecified atom stereocenters. The molecule has 80 valence electrons. The molecule has 14 heavy (non-hydrogen) atoms. The predicted octanol–water partition coefficient (Wildman–Crippen LogP) is 1.79. The third-order valence-corrected chi connectivity index (χ3v) is 2.30. The Morgan fingerprint density at radius 3 is 2.71 bits per heavy atom. The second-order valence-electron chi connectivity index (χ2n) is 3.17. The highest BCUT2D eigenvalue weighted by atomic mass is 35.5. The minimum absolute atomic E-state index is 0. The summed E-state index contributed by atoms with van der Waals surface area (Å²) in [4.78, 5) is 8.37. The summed E-state index contributed by atoms with van der Waals surface area (Å²) in [7, 11) is 0. The van der Waals surface area contributed by atoms with Crippen molar-refractivity contribution in [3.63, 3.8) is 0 Å². The molecule has 2 rings (SSSR count). The van der Waals surface area contributed by atoms with Gasteiger partial charge in [0, 0.05) is 31.1 Å². The Morgan fingerprint density at radius 2 is 2.14 bits per heavy atom. The molecule has 1 saturated heterocycles. The minimum atomic E-state index is 0. The molecule has 0 radical (unpaired) electrons. The van der Waals surface area contributed by atoms with Crippen LogP contribution in [-0.4, -0.2) is 23.1 Å². The highest BCUT2D eigenvalue weighted by Crippen LogP contribution is 2.19. The molecule has 0 amide bonds. The maximum absolute atomic E-state index is 4.30. The van der Waals surface area contributed by atoms with Crippen molar-refractivity contribution in [3.8, 4) is 0 Å². The van der Waals surface area contributed by atoms with Crippen molar-refractivity contribution in [1.29, 1.82) is 0 Å². The fourth-order valence-electron chi connectivity index (χ4n) is 1.63. The lowest BCUT2D eigenvalue weighted by Crippen LogP contribution is -2.28. The molecule has 2 heterocycles. The van der Waals surface area contributed by atoms with Crippen molar-refractivity contribution in [2.24, 2.45) is 0 Å². The van der Waals surface area contributed by atoms with Crippen LogP contribution in [0.5, 0.6) is 0 Å². The maximum atomic E-state index is 4.30. The molecular weight excluding hydrogens is 221 g/mol. The summed E-state index contributed by atoms with van der Waals surface area (Å²) < 4.78 is 0. The van der Waals surface area contributed by atoms with Crippen LogP contribution in [0.3, 0.4) is 0 Å². The number of piperidine rings is 1. The second kappa shape index (κ2) is 6.98. The van der Waals surface area contributed by atoms with Gasteiger partial charge in [-0.25, -0.2) is 0 Å². The Hall–Kier alpha value is -0.380. The maximum Gasteiger partial charge on any atom is 0.0630 e. The summed E-state index contributed by atoms with van der Waals surface area (Å²) >= 11 is 0. The third kappa shape index (κ3) is 3.40. The normalized spacial score (nSPS) is 20.4. The quantitative estimate of drug-likeness (QED) is 0.807. The van der Waals surface area contributed by atoms with Crippen molar-refractivity contribution in [2.45, 2.75) is 18.8 Å². The van der Waals surface area contributed by atoms with Gasteiger partial charge in [0.2, 0.25) is 0 Å². The molecule has 0 saturated carbocycles. The van der Waals surface area contributed by atoms with Gasteiger partial charge >= 0.3 is 0 Å². The number of nitrogens with zero attached hydrogens (tertiary/aromatic N) is 2. The summed E-state index contributed by atoms with van der Waals surface area (Å²) in [5.41, 5.74) is 1.13. The van der Waals surface area contributed by atoms with E-state index in [2.05, 4.69) is 15.3 Å². The van der Waals surface area contributed by atoms with Crippen LogP contribution in [-0.2, 0) is 0 Å². The predicted molar refractivity (Wildman–Crippen MR) is 61.4 cm³/mol. The molecule has 5 heteroatoms. The number of hydrogen-bond acceptors (Lipinski definition) is 3. The van der Waals surface area contributed by atoms with Crippen LogP contribution >= 0.6 is 24.8 Å². The molecule has 1 aromatic rings. The summed E-state index contributed by atoms with van der Waals surface area (Å²) in [5, 5.41) is 3.37. The first-order valence-corrected chi connectivity index (χ1v) is 4.43. The minimum Gasteiger partial charge on any atom is -0.316 e. The molecule has 3 nitrogen and oxygen atoms in total. The highest BCUT2D eigenvalue weighted by molar-refractivity contribution is 5.85.